The number of rotatable bonds is 7. The van der Waals surface area contributed by atoms with Gasteiger partial charge in [-0.1, -0.05) is 12.1 Å². The fourth-order valence-electron chi connectivity index (χ4n) is 4.88. The lowest BCUT2D eigenvalue weighted by Gasteiger charge is -2.28. The molecule has 2 aliphatic rings. The van der Waals surface area contributed by atoms with Crippen molar-refractivity contribution in [3.8, 4) is 5.75 Å². The molecule has 172 valence electrons. The molecular formula is C24H31N3O4S. The highest BCUT2D eigenvalue weighted by molar-refractivity contribution is 7.92. The Hall–Kier alpha value is -2.58. The van der Waals surface area contributed by atoms with Gasteiger partial charge in [-0.15, -0.1) is 0 Å². The van der Waals surface area contributed by atoms with Gasteiger partial charge in [-0.3, -0.25) is 14.0 Å². The van der Waals surface area contributed by atoms with E-state index in [4.69, 9.17) is 4.74 Å². The number of likely N-dealkylation sites (tertiary alicyclic amines) is 1. The molecule has 2 aliphatic heterocycles. The van der Waals surface area contributed by atoms with Crippen LogP contribution in [-0.4, -0.2) is 58.3 Å². The zero-order chi connectivity index (χ0) is 22.9. The number of anilines is 1. The lowest BCUT2D eigenvalue weighted by Crippen LogP contribution is -2.36. The first kappa shape index (κ1) is 22.6. The van der Waals surface area contributed by atoms with Crippen LogP contribution in [0.5, 0.6) is 5.75 Å². The summed E-state index contributed by atoms with van der Waals surface area (Å²) < 4.78 is 31.0. The van der Waals surface area contributed by atoms with E-state index >= 15 is 0 Å². The van der Waals surface area contributed by atoms with Crippen LogP contribution >= 0.6 is 0 Å². The molecule has 2 heterocycles. The Labute approximate surface area is 190 Å². The molecule has 1 N–H and O–H groups in total. The van der Waals surface area contributed by atoms with Crippen LogP contribution in [0.4, 0.5) is 5.69 Å². The molecule has 8 heteroatoms. The molecule has 2 atom stereocenters. The van der Waals surface area contributed by atoms with Crippen LogP contribution in [-0.2, 0) is 16.4 Å². The Morgan fingerprint density at radius 3 is 2.47 bits per heavy atom. The molecule has 0 radical (unpaired) electrons. The standard InChI is InChI=1S/C24H31N3O4S/c1-17-14-20-15-19(8-11-22(20)27(17)32(3,29)30)24(28)25-16-23(26-12-4-5-13-26)18-6-9-21(31-2)10-7-18/h6-11,15,17,23H,4-5,12-14,16H2,1-3H3,(H,25,28)/t17-,23+/m0/s1. The summed E-state index contributed by atoms with van der Waals surface area (Å²) in [4.78, 5) is 15.4. The number of hydrogen-bond acceptors (Lipinski definition) is 5. The molecule has 0 unspecified atom stereocenters. The van der Waals surface area contributed by atoms with Gasteiger partial charge < -0.3 is 10.1 Å². The van der Waals surface area contributed by atoms with E-state index in [1.54, 1.807) is 19.2 Å². The predicted molar refractivity (Wildman–Crippen MR) is 126 cm³/mol. The molecule has 1 saturated heterocycles. The van der Waals surface area contributed by atoms with Crippen LogP contribution in [0.25, 0.3) is 0 Å². The fraction of sp³-hybridized carbons (Fsp3) is 0.458. The number of methoxy groups -OCH3 is 1. The van der Waals surface area contributed by atoms with E-state index in [1.807, 2.05) is 25.1 Å². The number of hydrogen-bond donors (Lipinski definition) is 1. The summed E-state index contributed by atoms with van der Waals surface area (Å²) in [5, 5.41) is 3.10. The molecule has 1 fully saturated rings. The predicted octanol–water partition coefficient (Wildman–Crippen LogP) is 2.97. The highest BCUT2D eigenvalue weighted by Gasteiger charge is 2.33. The number of nitrogens with zero attached hydrogens (tertiary/aromatic N) is 2. The average molecular weight is 458 g/mol. The summed E-state index contributed by atoms with van der Waals surface area (Å²) in [6.45, 7) is 4.43. The number of amides is 1. The summed E-state index contributed by atoms with van der Waals surface area (Å²) in [6, 6.07) is 13.3. The van der Waals surface area contributed by atoms with Crippen molar-refractivity contribution in [2.24, 2.45) is 0 Å². The summed E-state index contributed by atoms with van der Waals surface area (Å²) >= 11 is 0. The maximum Gasteiger partial charge on any atom is 0.251 e. The van der Waals surface area contributed by atoms with Gasteiger partial charge in [0.25, 0.3) is 5.91 Å². The van der Waals surface area contributed by atoms with Crippen molar-refractivity contribution in [2.45, 2.75) is 38.3 Å². The van der Waals surface area contributed by atoms with Crippen molar-refractivity contribution in [1.82, 2.24) is 10.2 Å². The maximum atomic E-state index is 13.0. The molecule has 0 aromatic heterocycles. The molecule has 32 heavy (non-hydrogen) atoms. The van der Waals surface area contributed by atoms with E-state index in [1.165, 1.54) is 23.4 Å². The minimum absolute atomic E-state index is 0.0996. The molecule has 4 rings (SSSR count). The zero-order valence-corrected chi connectivity index (χ0v) is 19.7. The van der Waals surface area contributed by atoms with Crippen LogP contribution in [0, 0.1) is 0 Å². The van der Waals surface area contributed by atoms with Crippen molar-refractivity contribution in [2.75, 3.05) is 37.3 Å². The minimum atomic E-state index is -3.35. The highest BCUT2D eigenvalue weighted by Crippen LogP contribution is 2.34. The normalized spacial score (nSPS) is 19.6. The van der Waals surface area contributed by atoms with Crippen LogP contribution in [0.3, 0.4) is 0 Å². The number of carbonyl (C=O) groups is 1. The molecule has 0 spiro atoms. The second-order valence-electron chi connectivity index (χ2n) is 8.70. The van der Waals surface area contributed by atoms with Crippen molar-refractivity contribution >= 4 is 21.6 Å². The van der Waals surface area contributed by atoms with Crippen LogP contribution in [0.15, 0.2) is 42.5 Å². The van der Waals surface area contributed by atoms with Gasteiger partial charge in [0.05, 0.1) is 25.1 Å². The van der Waals surface area contributed by atoms with Crippen LogP contribution in [0.2, 0.25) is 0 Å². The third-order valence-electron chi connectivity index (χ3n) is 6.39. The van der Waals surface area contributed by atoms with Gasteiger partial charge in [0.1, 0.15) is 5.75 Å². The van der Waals surface area contributed by atoms with Crippen molar-refractivity contribution in [1.29, 1.82) is 0 Å². The topological polar surface area (TPSA) is 79.0 Å². The first-order valence-electron chi connectivity index (χ1n) is 11.1. The van der Waals surface area contributed by atoms with E-state index < -0.39 is 10.0 Å². The number of benzene rings is 2. The number of nitrogens with one attached hydrogen (secondary N) is 1. The average Bonchev–Trinajstić information content (AvgIpc) is 3.40. The Kier molecular flexibility index (Phi) is 6.44. The maximum absolute atomic E-state index is 13.0. The fourth-order valence-corrected chi connectivity index (χ4v) is 6.14. The Morgan fingerprint density at radius 1 is 1.16 bits per heavy atom. The molecule has 0 saturated carbocycles. The van der Waals surface area contributed by atoms with Crippen LogP contribution in [0.1, 0.15) is 47.3 Å². The van der Waals surface area contributed by atoms with Gasteiger partial charge in [-0.25, -0.2) is 8.42 Å². The summed E-state index contributed by atoms with van der Waals surface area (Å²) in [5.74, 6) is 0.671. The second kappa shape index (κ2) is 9.11. The Morgan fingerprint density at radius 2 is 1.84 bits per heavy atom. The summed E-state index contributed by atoms with van der Waals surface area (Å²) in [7, 11) is -1.69. The van der Waals surface area contributed by atoms with E-state index in [0.29, 0.717) is 24.2 Å². The largest absolute Gasteiger partial charge is 0.497 e. The van der Waals surface area contributed by atoms with Crippen molar-refractivity contribution in [3.63, 3.8) is 0 Å². The first-order chi connectivity index (χ1) is 15.3. The third kappa shape index (κ3) is 4.61. The number of fused-ring (bicyclic) bond motifs is 1. The van der Waals surface area contributed by atoms with Gasteiger partial charge in [-0.05, 0) is 80.7 Å². The number of carbonyl (C=O) groups excluding carboxylic acids is 1. The molecular weight excluding hydrogens is 426 g/mol. The number of sulfonamides is 1. The van der Waals surface area contributed by atoms with Gasteiger partial charge in [0.2, 0.25) is 10.0 Å². The zero-order valence-electron chi connectivity index (χ0n) is 18.9. The Balaban J connectivity index is 1.49. The van der Waals surface area contributed by atoms with Crippen molar-refractivity contribution < 1.29 is 17.9 Å². The molecule has 0 bridgehead atoms. The molecule has 7 nitrogen and oxygen atoms in total. The highest BCUT2D eigenvalue weighted by atomic mass is 32.2. The Bertz CT molecular complexity index is 1080. The van der Waals surface area contributed by atoms with Gasteiger partial charge >= 0.3 is 0 Å². The van der Waals surface area contributed by atoms with E-state index in [-0.39, 0.29) is 18.0 Å². The van der Waals surface area contributed by atoms with E-state index in [2.05, 4.69) is 22.3 Å². The molecule has 2 aromatic carbocycles. The quantitative estimate of drug-likeness (QED) is 0.692. The lowest BCUT2D eigenvalue weighted by molar-refractivity contribution is 0.0938. The summed E-state index contributed by atoms with van der Waals surface area (Å²) in [6.07, 6.45) is 4.16. The van der Waals surface area contributed by atoms with Gasteiger partial charge in [-0.2, -0.15) is 0 Å². The smallest absolute Gasteiger partial charge is 0.251 e. The van der Waals surface area contributed by atoms with Crippen molar-refractivity contribution in [3.05, 3.63) is 59.2 Å². The second-order valence-corrected chi connectivity index (χ2v) is 10.6. The SMILES string of the molecule is COc1ccc([C@@H](CNC(=O)c2ccc3c(c2)C[C@H](C)N3S(C)(=O)=O)N2CCCC2)cc1. The van der Waals surface area contributed by atoms with Gasteiger partial charge in [0, 0.05) is 18.2 Å². The third-order valence-corrected chi connectivity index (χ3v) is 7.66. The molecule has 0 aliphatic carbocycles. The van der Waals surface area contributed by atoms with E-state index in [0.717, 1.165) is 30.0 Å². The van der Waals surface area contributed by atoms with E-state index in [9.17, 15) is 13.2 Å². The molecule has 2 aromatic rings. The monoisotopic (exact) mass is 457 g/mol. The lowest BCUT2D eigenvalue weighted by atomic mass is 10.0. The number of ether oxygens (including phenoxy) is 1. The first-order valence-corrected chi connectivity index (χ1v) is 12.9. The van der Waals surface area contributed by atoms with Crippen LogP contribution < -0.4 is 14.4 Å². The molecule has 1 amide bonds. The van der Waals surface area contributed by atoms with Gasteiger partial charge in [0.15, 0.2) is 0 Å². The minimum Gasteiger partial charge on any atom is -0.497 e. The summed E-state index contributed by atoms with van der Waals surface area (Å²) in [5.41, 5.74) is 3.27.